The molecule has 2 aromatic carbocycles. The molecule has 2 N–H and O–H groups in total. The molecule has 0 aliphatic heterocycles. The molecule has 0 aliphatic rings. The summed E-state index contributed by atoms with van der Waals surface area (Å²) in [6, 6.07) is 12.2. The minimum Gasteiger partial charge on any atom is -0.325 e. The summed E-state index contributed by atoms with van der Waals surface area (Å²) < 4.78 is 14.4. The van der Waals surface area contributed by atoms with Crippen molar-refractivity contribution in [2.45, 2.75) is 6.54 Å². The second-order valence-corrected chi connectivity index (χ2v) is 4.92. The van der Waals surface area contributed by atoms with Gasteiger partial charge in [-0.25, -0.2) is 9.18 Å². The van der Waals surface area contributed by atoms with E-state index in [9.17, 15) is 14.0 Å². The molecule has 0 bridgehead atoms. The molecule has 3 rings (SSSR count). The van der Waals surface area contributed by atoms with Crippen LogP contribution >= 0.6 is 0 Å². The van der Waals surface area contributed by atoms with E-state index in [1.54, 1.807) is 24.3 Å². The van der Waals surface area contributed by atoms with Crippen LogP contribution in [0.25, 0.3) is 11.0 Å². The second kappa shape index (κ2) is 5.77. The van der Waals surface area contributed by atoms with Gasteiger partial charge >= 0.3 is 5.69 Å². The molecule has 6 nitrogen and oxygen atoms in total. The van der Waals surface area contributed by atoms with Crippen LogP contribution in [0, 0.1) is 17.1 Å². The molecule has 0 saturated heterocycles. The van der Waals surface area contributed by atoms with Crippen molar-refractivity contribution in [3.63, 3.8) is 0 Å². The molecule has 1 aromatic heterocycles. The third kappa shape index (κ3) is 2.96. The Morgan fingerprint density at radius 2 is 2.00 bits per heavy atom. The number of benzene rings is 2. The minimum atomic E-state index is -0.486. The molecule has 0 saturated carbocycles. The maximum absolute atomic E-state index is 13.2. The lowest BCUT2D eigenvalue weighted by molar-refractivity contribution is -0.116. The number of hydrogen-bond acceptors (Lipinski definition) is 3. The molecule has 0 radical (unpaired) electrons. The van der Waals surface area contributed by atoms with Crippen LogP contribution in [0.3, 0.4) is 0 Å². The first-order valence-corrected chi connectivity index (χ1v) is 6.75. The molecule has 0 fully saturated rings. The van der Waals surface area contributed by atoms with E-state index in [1.807, 2.05) is 6.07 Å². The minimum absolute atomic E-state index is 0.204. The molecule has 1 amide bonds. The number of anilines is 1. The van der Waals surface area contributed by atoms with Gasteiger partial charge in [-0.05, 0) is 42.5 Å². The first-order chi connectivity index (χ1) is 11.1. The van der Waals surface area contributed by atoms with Gasteiger partial charge in [-0.15, -0.1) is 0 Å². The number of aromatic amines is 1. The fraction of sp³-hybridized carbons (Fsp3) is 0.0625. The smallest absolute Gasteiger partial charge is 0.325 e. The number of imidazole rings is 1. The molecule has 114 valence electrons. The Bertz CT molecular complexity index is 980. The number of rotatable bonds is 3. The number of nitrogens with zero attached hydrogens (tertiary/aromatic N) is 2. The molecule has 0 aliphatic carbocycles. The zero-order valence-electron chi connectivity index (χ0n) is 11.8. The number of hydrogen-bond donors (Lipinski definition) is 2. The molecule has 23 heavy (non-hydrogen) atoms. The fourth-order valence-corrected chi connectivity index (χ4v) is 2.27. The molecule has 0 spiro atoms. The number of H-pyrrole nitrogens is 1. The summed E-state index contributed by atoms with van der Waals surface area (Å²) in [4.78, 5) is 26.5. The van der Waals surface area contributed by atoms with Crippen molar-refractivity contribution in [2.75, 3.05) is 5.32 Å². The van der Waals surface area contributed by atoms with Crippen LogP contribution in [0.5, 0.6) is 0 Å². The summed E-state index contributed by atoms with van der Waals surface area (Å²) in [5.74, 6) is -0.866. The molecular weight excluding hydrogens is 299 g/mol. The Kier molecular flexibility index (Phi) is 3.65. The fourth-order valence-electron chi connectivity index (χ4n) is 2.27. The van der Waals surface area contributed by atoms with Gasteiger partial charge in [0.25, 0.3) is 0 Å². The number of nitrogens with one attached hydrogen (secondary N) is 2. The van der Waals surface area contributed by atoms with Gasteiger partial charge in [0.15, 0.2) is 0 Å². The van der Waals surface area contributed by atoms with Crippen LogP contribution < -0.4 is 11.0 Å². The predicted octanol–water partition coefficient (Wildman–Crippen LogP) is 1.98. The Morgan fingerprint density at radius 3 is 2.70 bits per heavy atom. The quantitative estimate of drug-likeness (QED) is 0.775. The predicted molar refractivity (Wildman–Crippen MR) is 82.3 cm³/mol. The highest BCUT2D eigenvalue weighted by atomic mass is 19.1. The first kappa shape index (κ1) is 14.5. The zero-order valence-corrected chi connectivity index (χ0v) is 11.8. The molecule has 3 aromatic rings. The SMILES string of the molecule is N#Cc1ccc(NC(=O)Cn2c(=O)[nH]c3cc(F)ccc32)cc1. The topological polar surface area (TPSA) is 90.7 Å². The lowest BCUT2D eigenvalue weighted by Crippen LogP contribution is -2.25. The van der Waals surface area contributed by atoms with Crippen LogP contribution in [0.2, 0.25) is 0 Å². The molecule has 7 heteroatoms. The average Bonchev–Trinajstić information content (AvgIpc) is 2.83. The van der Waals surface area contributed by atoms with Gasteiger partial charge in [-0.2, -0.15) is 5.26 Å². The number of fused-ring (bicyclic) bond motifs is 1. The third-order valence-corrected chi connectivity index (χ3v) is 3.34. The maximum atomic E-state index is 13.2. The van der Waals surface area contributed by atoms with Crippen molar-refractivity contribution in [1.29, 1.82) is 5.26 Å². The normalized spacial score (nSPS) is 10.4. The Balaban J connectivity index is 1.81. The van der Waals surface area contributed by atoms with E-state index < -0.39 is 17.4 Å². The first-order valence-electron chi connectivity index (χ1n) is 6.75. The van der Waals surface area contributed by atoms with E-state index in [0.717, 1.165) is 0 Å². The second-order valence-electron chi connectivity index (χ2n) is 4.92. The van der Waals surface area contributed by atoms with Crippen molar-refractivity contribution >= 4 is 22.6 Å². The summed E-state index contributed by atoms with van der Waals surface area (Å²) in [5.41, 5.74) is 1.30. The van der Waals surface area contributed by atoms with Crippen molar-refractivity contribution in [3.05, 3.63) is 64.3 Å². The van der Waals surface area contributed by atoms with Crippen molar-refractivity contribution < 1.29 is 9.18 Å². The van der Waals surface area contributed by atoms with Gasteiger partial charge in [0.05, 0.1) is 22.7 Å². The molecule has 0 unspecified atom stereocenters. The summed E-state index contributed by atoms with van der Waals surface area (Å²) in [6.07, 6.45) is 0. The molecule has 0 atom stereocenters. The number of aromatic nitrogens is 2. The average molecular weight is 310 g/mol. The maximum Gasteiger partial charge on any atom is 0.326 e. The number of halogens is 1. The Hall–Kier alpha value is -3.40. The number of carbonyl (C=O) groups excluding carboxylic acids is 1. The standard InChI is InChI=1S/C16H11FN4O2/c17-11-3-6-14-13(7-11)20-16(23)21(14)9-15(22)19-12-4-1-10(8-18)2-5-12/h1-7H,9H2,(H,19,22)(H,20,23). The van der Waals surface area contributed by atoms with Gasteiger partial charge in [0, 0.05) is 5.69 Å². The lowest BCUT2D eigenvalue weighted by Gasteiger charge is -2.06. The van der Waals surface area contributed by atoms with Crippen molar-refractivity contribution in [2.24, 2.45) is 0 Å². The van der Waals surface area contributed by atoms with Gasteiger partial charge in [-0.3, -0.25) is 9.36 Å². The van der Waals surface area contributed by atoms with Gasteiger partial charge < -0.3 is 10.3 Å². The van der Waals surface area contributed by atoms with Crippen LogP contribution in [0.1, 0.15) is 5.56 Å². The third-order valence-electron chi connectivity index (χ3n) is 3.34. The lowest BCUT2D eigenvalue weighted by atomic mass is 10.2. The monoisotopic (exact) mass is 310 g/mol. The van der Waals surface area contributed by atoms with Crippen LogP contribution in [-0.4, -0.2) is 15.5 Å². The van der Waals surface area contributed by atoms with E-state index in [0.29, 0.717) is 22.3 Å². The number of carbonyl (C=O) groups is 1. The Labute approximate surface area is 129 Å². The summed E-state index contributed by atoms with van der Waals surface area (Å²) in [5, 5.41) is 11.4. The van der Waals surface area contributed by atoms with Crippen LogP contribution in [0.15, 0.2) is 47.3 Å². The van der Waals surface area contributed by atoms with Crippen LogP contribution in [0.4, 0.5) is 10.1 Å². The van der Waals surface area contributed by atoms with Crippen molar-refractivity contribution in [3.8, 4) is 6.07 Å². The Morgan fingerprint density at radius 1 is 1.26 bits per heavy atom. The van der Waals surface area contributed by atoms with Crippen molar-refractivity contribution in [1.82, 2.24) is 9.55 Å². The van der Waals surface area contributed by atoms with E-state index in [2.05, 4.69) is 10.3 Å². The van der Waals surface area contributed by atoms with Gasteiger partial charge in [0.1, 0.15) is 12.4 Å². The van der Waals surface area contributed by atoms with E-state index >= 15 is 0 Å². The zero-order chi connectivity index (χ0) is 16.4. The van der Waals surface area contributed by atoms with E-state index in [1.165, 1.54) is 22.8 Å². The number of nitriles is 1. The molecular formula is C16H11FN4O2. The molecule has 1 heterocycles. The summed E-state index contributed by atoms with van der Waals surface area (Å²) in [7, 11) is 0. The largest absolute Gasteiger partial charge is 0.326 e. The van der Waals surface area contributed by atoms with E-state index in [4.69, 9.17) is 5.26 Å². The highest BCUT2D eigenvalue weighted by molar-refractivity contribution is 5.91. The van der Waals surface area contributed by atoms with E-state index in [-0.39, 0.29) is 6.54 Å². The number of amides is 1. The summed E-state index contributed by atoms with van der Waals surface area (Å²) >= 11 is 0. The summed E-state index contributed by atoms with van der Waals surface area (Å²) in [6.45, 7) is -0.204. The van der Waals surface area contributed by atoms with Crippen LogP contribution in [-0.2, 0) is 11.3 Å². The highest BCUT2D eigenvalue weighted by Gasteiger charge is 2.11. The van der Waals surface area contributed by atoms with Gasteiger partial charge in [-0.1, -0.05) is 0 Å². The van der Waals surface area contributed by atoms with Gasteiger partial charge in [0.2, 0.25) is 5.91 Å². The highest BCUT2D eigenvalue weighted by Crippen LogP contribution is 2.13.